The van der Waals surface area contributed by atoms with Crippen LogP contribution in [0.25, 0.3) is 0 Å². The molecule has 1 aliphatic carbocycles. The number of imide groups is 1. The van der Waals surface area contributed by atoms with Gasteiger partial charge in [-0.25, -0.2) is 0 Å². The molecule has 0 saturated heterocycles. The molecule has 0 aromatic rings. The van der Waals surface area contributed by atoms with Gasteiger partial charge in [-0.2, -0.15) is 0 Å². The van der Waals surface area contributed by atoms with Crippen molar-refractivity contribution in [3.05, 3.63) is 12.2 Å². The molecule has 0 radical (unpaired) electrons. The number of nitrogens with zero attached hydrogens (tertiary/aromatic N) is 1. The molecule has 5 N–H and O–H groups in total. The highest BCUT2D eigenvalue weighted by Gasteiger charge is 2.41. The van der Waals surface area contributed by atoms with Crippen LogP contribution in [0.1, 0.15) is 25.7 Å². The second-order valence-corrected chi connectivity index (χ2v) is 7.03. The second-order valence-electron chi connectivity index (χ2n) is 6.77. The third-order valence-corrected chi connectivity index (χ3v) is 5.18. The van der Waals surface area contributed by atoms with E-state index in [1.165, 1.54) is 12.2 Å². The lowest BCUT2D eigenvalue weighted by molar-refractivity contribution is -0.142. The van der Waals surface area contributed by atoms with Gasteiger partial charge in [0.25, 0.3) is 11.8 Å². The van der Waals surface area contributed by atoms with Crippen molar-refractivity contribution in [3.63, 3.8) is 0 Å². The van der Waals surface area contributed by atoms with Crippen LogP contribution in [0.15, 0.2) is 12.2 Å². The van der Waals surface area contributed by atoms with Gasteiger partial charge >= 0.3 is 0 Å². The summed E-state index contributed by atoms with van der Waals surface area (Å²) in [4.78, 5) is 36.2. The van der Waals surface area contributed by atoms with E-state index in [4.69, 9.17) is 16.7 Å². The number of amides is 3. The van der Waals surface area contributed by atoms with E-state index < -0.39 is 36.2 Å². The summed E-state index contributed by atoms with van der Waals surface area (Å²) in [6, 6.07) is -0.461. The van der Waals surface area contributed by atoms with Crippen LogP contribution in [0, 0.1) is 0 Å². The lowest BCUT2D eigenvalue weighted by atomic mass is 9.85. The Kier molecular flexibility index (Phi) is 6.75. The van der Waals surface area contributed by atoms with E-state index in [0.29, 0.717) is 12.8 Å². The van der Waals surface area contributed by atoms with Gasteiger partial charge in [0.2, 0.25) is 5.91 Å². The molecule has 3 atom stereocenters. The predicted molar refractivity (Wildman–Crippen MR) is 89.9 cm³/mol. The number of hydrogen-bond acceptors (Lipinski definition) is 7. The van der Waals surface area contributed by atoms with E-state index in [9.17, 15) is 29.7 Å². The summed E-state index contributed by atoms with van der Waals surface area (Å²) in [5, 5.41) is 41.2. The topological polar surface area (TPSA) is 147 Å². The van der Waals surface area contributed by atoms with Gasteiger partial charge in [0.15, 0.2) is 0 Å². The Hall–Kier alpha value is -1.52. The van der Waals surface area contributed by atoms with Crippen LogP contribution < -0.4 is 5.32 Å². The zero-order valence-electron chi connectivity index (χ0n) is 14.0. The van der Waals surface area contributed by atoms with Crippen LogP contribution in [0.5, 0.6) is 0 Å². The average Bonchev–Trinajstić information content (AvgIpc) is 2.88. The summed E-state index contributed by atoms with van der Waals surface area (Å²) in [6.45, 7) is -0.728. The Morgan fingerprint density at radius 3 is 2.38 bits per heavy atom. The molecule has 2 aliphatic rings. The van der Waals surface area contributed by atoms with E-state index in [1.807, 2.05) is 0 Å². The molecule has 1 heterocycles. The molecule has 0 spiro atoms. The quantitative estimate of drug-likeness (QED) is 0.226. The fourth-order valence-electron chi connectivity index (χ4n) is 3.12. The largest absolute Gasteiger partial charge is 0.394 e. The van der Waals surface area contributed by atoms with Gasteiger partial charge in [0.1, 0.15) is 11.7 Å². The molecule has 146 valence electrons. The molecular weight excluding hydrogens is 368 g/mol. The fraction of sp³-hybridized carbons (Fsp3) is 0.688. The lowest BCUT2D eigenvalue weighted by Crippen LogP contribution is -2.56. The van der Waals surface area contributed by atoms with E-state index in [-0.39, 0.29) is 36.7 Å². The summed E-state index contributed by atoms with van der Waals surface area (Å²) in [5.41, 5.74) is -1.90. The van der Waals surface area contributed by atoms with Crippen molar-refractivity contribution in [1.82, 2.24) is 10.2 Å². The molecule has 2 rings (SSSR count). The maximum atomic E-state index is 12.0. The van der Waals surface area contributed by atoms with Gasteiger partial charge in [-0.15, -0.1) is 11.6 Å². The Labute approximate surface area is 155 Å². The first-order valence-corrected chi connectivity index (χ1v) is 8.83. The van der Waals surface area contributed by atoms with Crippen molar-refractivity contribution < 1.29 is 34.8 Å². The van der Waals surface area contributed by atoms with Crippen molar-refractivity contribution in [2.75, 3.05) is 12.5 Å². The molecule has 1 saturated carbocycles. The molecule has 26 heavy (non-hydrogen) atoms. The number of carbonyl (C=O) groups excluding carboxylic acids is 3. The molecule has 10 heteroatoms. The predicted octanol–water partition coefficient (Wildman–Crippen LogP) is -1.98. The molecule has 1 fully saturated rings. The zero-order chi connectivity index (χ0) is 19.5. The van der Waals surface area contributed by atoms with Gasteiger partial charge < -0.3 is 25.7 Å². The van der Waals surface area contributed by atoms with Gasteiger partial charge in [-0.3, -0.25) is 19.3 Å². The molecule has 9 nitrogen and oxygen atoms in total. The molecule has 3 amide bonds. The smallest absolute Gasteiger partial charge is 0.253 e. The van der Waals surface area contributed by atoms with Crippen molar-refractivity contribution in [2.24, 2.45) is 0 Å². The van der Waals surface area contributed by atoms with Gasteiger partial charge in [-0.05, 0) is 12.8 Å². The minimum atomic E-state index is -1.90. The van der Waals surface area contributed by atoms with Gasteiger partial charge in [0, 0.05) is 30.7 Å². The number of carbonyl (C=O) groups is 3. The number of aliphatic hydroxyl groups is 4. The van der Waals surface area contributed by atoms with Crippen molar-refractivity contribution in [1.29, 1.82) is 0 Å². The molecular formula is C16H23ClN2O7. The number of hydrogen-bond donors (Lipinski definition) is 5. The normalized spacial score (nSPS) is 27.0. The summed E-state index contributed by atoms with van der Waals surface area (Å²) in [6.07, 6.45) is -0.183. The zero-order valence-corrected chi connectivity index (χ0v) is 14.8. The minimum Gasteiger partial charge on any atom is -0.394 e. The Bertz CT molecular complexity index is 575. The Morgan fingerprint density at radius 2 is 1.88 bits per heavy atom. The third kappa shape index (κ3) is 4.60. The van der Waals surface area contributed by atoms with Crippen LogP contribution in [0.3, 0.4) is 0 Å². The Balaban J connectivity index is 1.74. The van der Waals surface area contributed by atoms with Gasteiger partial charge in [0.05, 0.1) is 25.0 Å². The highest BCUT2D eigenvalue weighted by atomic mass is 35.5. The highest BCUT2D eigenvalue weighted by molar-refractivity contribution is 6.18. The average molecular weight is 391 g/mol. The van der Waals surface area contributed by atoms with Crippen molar-refractivity contribution in [2.45, 2.75) is 55.6 Å². The maximum absolute atomic E-state index is 12.0. The highest BCUT2D eigenvalue weighted by Crippen LogP contribution is 2.28. The van der Waals surface area contributed by atoms with Crippen LogP contribution in [-0.4, -0.2) is 85.4 Å². The molecule has 1 aliphatic heterocycles. The fourth-order valence-corrected chi connectivity index (χ4v) is 3.41. The summed E-state index contributed by atoms with van der Waals surface area (Å²) in [7, 11) is 0. The van der Waals surface area contributed by atoms with E-state index >= 15 is 0 Å². The van der Waals surface area contributed by atoms with Crippen LogP contribution in [0.4, 0.5) is 0 Å². The summed E-state index contributed by atoms with van der Waals surface area (Å²) < 4.78 is 0. The Morgan fingerprint density at radius 1 is 1.31 bits per heavy atom. The summed E-state index contributed by atoms with van der Waals surface area (Å²) >= 11 is 5.58. The molecule has 0 bridgehead atoms. The summed E-state index contributed by atoms with van der Waals surface area (Å²) in [5.74, 6) is -1.59. The first-order chi connectivity index (χ1) is 12.2. The standard InChI is InChI=1S/C16H23ClN2O7/c17-8-16(26,12(22)7-20)6-11(21)5-13(23)18-9-3-10(4-9)19-14(24)1-2-15(19)25/h1-2,9-12,20-22,26H,3-8H2,(H,18,23)/t9?,10?,11?,12-,16-/m1/s1. The molecule has 0 aromatic carbocycles. The number of alkyl halides is 1. The first kappa shape index (κ1) is 20.8. The van der Waals surface area contributed by atoms with E-state index in [0.717, 1.165) is 4.90 Å². The van der Waals surface area contributed by atoms with Crippen molar-refractivity contribution >= 4 is 29.3 Å². The maximum Gasteiger partial charge on any atom is 0.253 e. The first-order valence-electron chi connectivity index (χ1n) is 8.30. The van der Waals surface area contributed by atoms with Crippen LogP contribution in [0.2, 0.25) is 0 Å². The lowest BCUT2D eigenvalue weighted by Gasteiger charge is -2.40. The van der Waals surface area contributed by atoms with Crippen molar-refractivity contribution in [3.8, 4) is 0 Å². The molecule has 0 aromatic heterocycles. The number of aliphatic hydroxyl groups excluding tert-OH is 3. The molecule has 1 unspecified atom stereocenters. The van der Waals surface area contributed by atoms with Crippen LogP contribution in [-0.2, 0) is 14.4 Å². The van der Waals surface area contributed by atoms with Gasteiger partial charge in [-0.1, -0.05) is 0 Å². The number of halogens is 1. The third-order valence-electron chi connectivity index (χ3n) is 4.72. The monoisotopic (exact) mass is 390 g/mol. The SMILES string of the molecule is O=C(CC(O)C[C@@](O)(CCl)[C@H](O)CO)NC1CC(N2C(=O)C=CC2=O)C1. The van der Waals surface area contributed by atoms with E-state index in [2.05, 4.69) is 5.32 Å². The number of nitrogens with one attached hydrogen (secondary N) is 1. The second kappa shape index (κ2) is 8.45. The van der Waals surface area contributed by atoms with Crippen LogP contribution >= 0.6 is 11.6 Å². The minimum absolute atomic E-state index is 0.212. The van der Waals surface area contributed by atoms with E-state index in [1.54, 1.807) is 0 Å². The number of rotatable bonds is 9.